The number of pyridine rings is 1. The molecule has 0 aliphatic carbocycles. The number of methoxy groups -OCH3 is 2. The van der Waals surface area contributed by atoms with Crippen molar-refractivity contribution in [1.29, 1.82) is 0 Å². The molecule has 9 nitrogen and oxygen atoms in total. The molecule has 0 atom stereocenters. The van der Waals surface area contributed by atoms with Crippen LogP contribution in [0.25, 0.3) is 0 Å². The average molecular weight is 474 g/mol. The fraction of sp³-hybridized carbons (Fsp3) is 0.231. The number of hydrogen-bond acceptors (Lipinski definition) is 7. The van der Waals surface area contributed by atoms with Crippen LogP contribution in [-0.2, 0) is 19.6 Å². The summed E-state index contributed by atoms with van der Waals surface area (Å²) in [7, 11) is 3.18. The molecular weight excluding hydrogens is 446 g/mol. The maximum atomic E-state index is 13.5. The Morgan fingerprint density at radius 2 is 1.40 bits per heavy atom. The van der Waals surface area contributed by atoms with Crippen molar-refractivity contribution in [3.63, 3.8) is 0 Å². The second-order valence-electron chi connectivity index (χ2n) is 8.05. The van der Waals surface area contributed by atoms with Crippen LogP contribution in [0.3, 0.4) is 0 Å². The molecule has 0 amide bonds. The van der Waals surface area contributed by atoms with E-state index in [2.05, 4.69) is 15.3 Å². The summed E-state index contributed by atoms with van der Waals surface area (Å²) in [5, 5.41) is 3.12. The first-order valence-electron chi connectivity index (χ1n) is 11.1. The summed E-state index contributed by atoms with van der Waals surface area (Å²) in [6.45, 7) is 2.61. The molecular formula is C26H27N5O4. The maximum absolute atomic E-state index is 13.5. The van der Waals surface area contributed by atoms with Crippen molar-refractivity contribution in [2.45, 2.75) is 26.6 Å². The molecule has 4 rings (SSSR count). The Morgan fingerprint density at radius 1 is 0.829 bits per heavy atom. The summed E-state index contributed by atoms with van der Waals surface area (Å²) in [6, 6.07) is 18.4. The number of rotatable bonds is 9. The Bertz CT molecular complexity index is 1410. The van der Waals surface area contributed by atoms with Crippen molar-refractivity contribution in [2.75, 3.05) is 19.5 Å². The van der Waals surface area contributed by atoms with Gasteiger partial charge in [0.2, 0.25) is 5.95 Å². The number of hydrogen-bond donors (Lipinski definition) is 1. The van der Waals surface area contributed by atoms with Gasteiger partial charge in [-0.25, -0.2) is 14.2 Å². The van der Waals surface area contributed by atoms with E-state index in [0.29, 0.717) is 18.0 Å². The van der Waals surface area contributed by atoms with Crippen molar-refractivity contribution in [3.8, 4) is 11.5 Å². The zero-order valence-electron chi connectivity index (χ0n) is 19.9. The average Bonchev–Trinajstić information content (AvgIpc) is 2.88. The van der Waals surface area contributed by atoms with Gasteiger partial charge in [0.1, 0.15) is 11.5 Å². The van der Waals surface area contributed by atoms with E-state index >= 15 is 0 Å². The Labute approximate surface area is 202 Å². The molecule has 0 radical (unpaired) electrons. The molecule has 0 aliphatic rings. The molecule has 2 heterocycles. The van der Waals surface area contributed by atoms with Crippen molar-refractivity contribution >= 4 is 5.95 Å². The van der Waals surface area contributed by atoms with Crippen molar-refractivity contribution < 1.29 is 9.47 Å². The minimum absolute atomic E-state index is 0.0942. The molecule has 0 bridgehead atoms. The summed E-state index contributed by atoms with van der Waals surface area (Å²) in [5.41, 5.74) is 2.40. The van der Waals surface area contributed by atoms with Gasteiger partial charge in [0.05, 0.1) is 39.5 Å². The second kappa shape index (κ2) is 10.7. The fourth-order valence-electron chi connectivity index (χ4n) is 3.63. The summed E-state index contributed by atoms with van der Waals surface area (Å²) in [4.78, 5) is 34.9. The molecule has 0 saturated carbocycles. The van der Waals surface area contributed by atoms with Crippen LogP contribution in [0.1, 0.15) is 22.4 Å². The van der Waals surface area contributed by atoms with Gasteiger partial charge < -0.3 is 14.8 Å². The molecule has 0 unspecified atom stereocenters. The molecule has 0 spiro atoms. The first-order valence-corrected chi connectivity index (χ1v) is 11.1. The van der Waals surface area contributed by atoms with Crippen LogP contribution >= 0.6 is 0 Å². The van der Waals surface area contributed by atoms with E-state index in [0.717, 1.165) is 27.0 Å². The molecule has 4 aromatic rings. The molecule has 180 valence electrons. The number of benzene rings is 2. The second-order valence-corrected chi connectivity index (χ2v) is 8.05. The van der Waals surface area contributed by atoms with E-state index in [1.165, 1.54) is 4.57 Å². The minimum atomic E-state index is -0.628. The van der Waals surface area contributed by atoms with Crippen LogP contribution in [0.5, 0.6) is 11.5 Å². The highest BCUT2D eigenvalue weighted by Crippen LogP contribution is 2.14. The van der Waals surface area contributed by atoms with E-state index in [1.54, 1.807) is 32.5 Å². The number of aryl methyl sites for hydroxylation is 1. The standard InChI is InChI=1S/C26H27N5O4/c1-18-12-13-27-21(14-18)15-28-24-29-25(32)31(17-20-6-10-23(35-3)11-7-20)26(33)30(24)16-19-4-8-22(34-2)9-5-19/h4-14H,15-17H2,1-3H3,(H,28,29,32). The quantitative estimate of drug-likeness (QED) is 0.399. The van der Waals surface area contributed by atoms with Crippen LogP contribution in [0.15, 0.2) is 76.4 Å². The van der Waals surface area contributed by atoms with Crippen LogP contribution in [0, 0.1) is 6.92 Å². The third-order valence-corrected chi connectivity index (χ3v) is 5.55. The fourth-order valence-corrected chi connectivity index (χ4v) is 3.63. The Balaban J connectivity index is 1.70. The van der Waals surface area contributed by atoms with E-state index in [4.69, 9.17) is 9.47 Å². The first kappa shape index (κ1) is 23.7. The molecule has 1 N–H and O–H groups in total. The van der Waals surface area contributed by atoms with Gasteiger partial charge in [-0.3, -0.25) is 9.55 Å². The number of ether oxygens (including phenoxy) is 2. The highest BCUT2D eigenvalue weighted by atomic mass is 16.5. The van der Waals surface area contributed by atoms with Crippen molar-refractivity contribution in [3.05, 3.63) is 110 Å². The highest BCUT2D eigenvalue weighted by Gasteiger charge is 2.15. The summed E-state index contributed by atoms with van der Waals surface area (Å²) in [5.74, 6) is 1.60. The number of anilines is 1. The Hall–Kier alpha value is -4.40. The molecule has 0 aliphatic heterocycles. The van der Waals surface area contributed by atoms with Gasteiger partial charge in [-0.1, -0.05) is 24.3 Å². The smallest absolute Gasteiger partial charge is 0.355 e. The van der Waals surface area contributed by atoms with E-state index in [9.17, 15) is 9.59 Å². The van der Waals surface area contributed by atoms with Gasteiger partial charge in [-0.15, -0.1) is 0 Å². The minimum Gasteiger partial charge on any atom is -0.497 e. The largest absolute Gasteiger partial charge is 0.497 e. The number of nitrogens with zero attached hydrogens (tertiary/aromatic N) is 4. The lowest BCUT2D eigenvalue weighted by Crippen LogP contribution is -2.43. The van der Waals surface area contributed by atoms with E-state index < -0.39 is 11.4 Å². The van der Waals surface area contributed by atoms with Gasteiger partial charge in [-0.05, 0) is 60.0 Å². The van der Waals surface area contributed by atoms with E-state index in [1.807, 2.05) is 55.5 Å². The van der Waals surface area contributed by atoms with Gasteiger partial charge in [-0.2, -0.15) is 4.98 Å². The molecule has 2 aromatic heterocycles. The topological polar surface area (TPSA) is 100 Å². The first-order chi connectivity index (χ1) is 17.0. The number of aromatic nitrogens is 4. The predicted octanol–water partition coefficient (Wildman–Crippen LogP) is 2.83. The Morgan fingerprint density at radius 3 is 1.94 bits per heavy atom. The molecule has 35 heavy (non-hydrogen) atoms. The Kier molecular flexibility index (Phi) is 7.25. The lowest BCUT2D eigenvalue weighted by atomic mass is 10.2. The monoisotopic (exact) mass is 473 g/mol. The highest BCUT2D eigenvalue weighted by molar-refractivity contribution is 5.32. The van der Waals surface area contributed by atoms with Crippen LogP contribution in [-0.4, -0.2) is 33.3 Å². The van der Waals surface area contributed by atoms with Gasteiger partial charge >= 0.3 is 11.4 Å². The van der Waals surface area contributed by atoms with Crippen molar-refractivity contribution in [1.82, 2.24) is 19.1 Å². The van der Waals surface area contributed by atoms with E-state index in [-0.39, 0.29) is 19.0 Å². The van der Waals surface area contributed by atoms with Gasteiger partial charge in [0.15, 0.2) is 0 Å². The predicted molar refractivity (Wildman–Crippen MR) is 133 cm³/mol. The van der Waals surface area contributed by atoms with Crippen LogP contribution < -0.4 is 26.2 Å². The zero-order valence-corrected chi connectivity index (χ0v) is 19.9. The number of nitrogens with one attached hydrogen (secondary N) is 1. The molecule has 2 aromatic carbocycles. The van der Waals surface area contributed by atoms with Crippen LogP contribution in [0.4, 0.5) is 5.95 Å². The molecule has 9 heteroatoms. The van der Waals surface area contributed by atoms with Gasteiger partial charge in [0.25, 0.3) is 0 Å². The third kappa shape index (κ3) is 5.75. The normalized spacial score (nSPS) is 10.7. The van der Waals surface area contributed by atoms with Crippen molar-refractivity contribution in [2.24, 2.45) is 0 Å². The zero-order chi connectivity index (χ0) is 24.8. The third-order valence-electron chi connectivity index (χ3n) is 5.55. The molecule has 0 fully saturated rings. The maximum Gasteiger partial charge on any atom is 0.355 e. The lowest BCUT2D eigenvalue weighted by molar-refractivity contribution is 0.414. The van der Waals surface area contributed by atoms with Crippen LogP contribution in [0.2, 0.25) is 0 Å². The summed E-state index contributed by atoms with van der Waals surface area (Å²) in [6.07, 6.45) is 1.72. The summed E-state index contributed by atoms with van der Waals surface area (Å²) >= 11 is 0. The molecule has 0 saturated heterocycles. The summed E-state index contributed by atoms with van der Waals surface area (Å²) < 4.78 is 13.0. The van der Waals surface area contributed by atoms with Gasteiger partial charge in [0, 0.05) is 6.20 Å². The SMILES string of the molecule is COc1ccc(Cn2c(NCc3cc(C)ccn3)nc(=O)n(Cc3ccc(OC)cc3)c2=O)cc1. The lowest BCUT2D eigenvalue weighted by Gasteiger charge is -2.16.